The van der Waals surface area contributed by atoms with Gasteiger partial charge in [-0.15, -0.1) is 0 Å². The first-order valence-electron chi connectivity index (χ1n) is 9.28. The molecular weight excluding hydrogens is 344 g/mol. The monoisotopic (exact) mass is 372 g/mol. The third-order valence-corrected chi connectivity index (χ3v) is 6.75. The minimum Gasteiger partial charge on any atom is -0.372 e. The van der Waals surface area contributed by atoms with Gasteiger partial charge in [-0.05, 0) is 68.9 Å². The molecule has 0 saturated carbocycles. The molecule has 2 aromatic rings. The van der Waals surface area contributed by atoms with Crippen molar-refractivity contribution in [2.45, 2.75) is 44.9 Å². The number of rotatable bonds is 6. The van der Waals surface area contributed by atoms with Gasteiger partial charge in [-0.25, -0.2) is 13.1 Å². The number of aryl methyl sites for hydroxylation is 3. The van der Waals surface area contributed by atoms with Crippen LogP contribution in [-0.2, 0) is 16.4 Å². The van der Waals surface area contributed by atoms with E-state index in [0.717, 1.165) is 35.3 Å². The van der Waals surface area contributed by atoms with Crippen LogP contribution >= 0.6 is 0 Å². The van der Waals surface area contributed by atoms with E-state index in [1.807, 2.05) is 32.9 Å². The molecule has 1 heterocycles. The summed E-state index contributed by atoms with van der Waals surface area (Å²) < 4.78 is 28.1. The molecule has 26 heavy (non-hydrogen) atoms. The van der Waals surface area contributed by atoms with E-state index in [-0.39, 0.29) is 0 Å². The molecule has 0 radical (unpaired) electrons. The number of hydrogen-bond acceptors (Lipinski definition) is 3. The zero-order valence-corrected chi connectivity index (χ0v) is 16.7. The molecular formula is C21H28N2O2S. The van der Waals surface area contributed by atoms with E-state index >= 15 is 0 Å². The van der Waals surface area contributed by atoms with Gasteiger partial charge >= 0.3 is 0 Å². The maximum atomic E-state index is 12.7. The summed E-state index contributed by atoms with van der Waals surface area (Å²) in [5.41, 5.74) is 5.08. The minimum absolute atomic E-state index is 0.401. The van der Waals surface area contributed by atoms with Gasteiger partial charge in [-0.1, -0.05) is 29.8 Å². The summed E-state index contributed by atoms with van der Waals surface area (Å²) >= 11 is 0. The quantitative estimate of drug-likeness (QED) is 0.840. The van der Waals surface area contributed by atoms with Crippen LogP contribution in [0.15, 0.2) is 41.3 Å². The lowest BCUT2D eigenvalue weighted by molar-refractivity contribution is 0.580. The third-order valence-electron chi connectivity index (χ3n) is 4.99. The minimum atomic E-state index is -3.49. The van der Waals surface area contributed by atoms with Crippen LogP contribution < -0.4 is 9.62 Å². The highest BCUT2D eigenvalue weighted by atomic mass is 32.2. The Labute approximate surface area is 157 Å². The molecule has 1 saturated heterocycles. The molecule has 0 spiro atoms. The van der Waals surface area contributed by atoms with Crippen LogP contribution in [0.2, 0.25) is 0 Å². The zero-order chi connectivity index (χ0) is 18.7. The lowest BCUT2D eigenvalue weighted by Crippen LogP contribution is -2.27. The highest BCUT2D eigenvalue weighted by molar-refractivity contribution is 7.89. The highest BCUT2D eigenvalue weighted by Crippen LogP contribution is 2.22. The summed E-state index contributed by atoms with van der Waals surface area (Å²) in [5, 5.41) is 0. The molecule has 4 nitrogen and oxygen atoms in total. The fourth-order valence-corrected chi connectivity index (χ4v) is 5.32. The lowest BCUT2D eigenvalue weighted by Gasteiger charge is -2.17. The van der Waals surface area contributed by atoms with Crippen molar-refractivity contribution in [3.8, 4) is 0 Å². The average Bonchev–Trinajstić information content (AvgIpc) is 3.08. The number of benzene rings is 2. The average molecular weight is 373 g/mol. The lowest BCUT2D eigenvalue weighted by atomic mass is 10.1. The van der Waals surface area contributed by atoms with Crippen molar-refractivity contribution in [1.82, 2.24) is 4.72 Å². The molecule has 140 valence electrons. The molecule has 3 rings (SSSR count). The second kappa shape index (κ2) is 7.80. The summed E-state index contributed by atoms with van der Waals surface area (Å²) in [6.45, 7) is 8.36. The Bertz CT molecular complexity index is 844. The predicted molar refractivity (Wildman–Crippen MR) is 107 cm³/mol. The van der Waals surface area contributed by atoms with Crippen LogP contribution in [0.4, 0.5) is 5.69 Å². The molecule has 5 heteroatoms. The second-order valence-electron chi connectivity index (χ2n) is 7.24. The zero-order valence-electron chi connectivity index (χ0n) is 15.9. The Morgan fingerprint density at radius 3 is 2.12 bits per heavy atom. The van der Waals surface area contributed by atoms with Crippen LogP contribution in [0.3, 0.4) is 0 Å². The van der Waals surface area contributed by atoms with Crippen LogP contribution in [0, 0.1) is 20.8 Å². The molecule has 1 aliphatic rings. The van der Waals surface area contributed by atoms with Crippen molar-refractivity contribution >= 4 is 15.7 Å². The summed E-state index contributed by atoms with van der Waals surface area (Å²) in [7, 11) is -3.49. The van der Waals surface area contributed by atoms with Crippen molar-refractivity contribution in [3.63, 3.8) is 0 Å². The topological polar surface area (TPSA) is 49.4 Å². The molecule has 0 atom stereocenters. The Morgan fingerprint density at radius 1 is 0.962 bits per heavy atom. The Kier molecular flexibility index (Phi) is 5.68. The summed E-state index contributed by atoms with van der Waals surface area (Å²) in [5.74, 6) is 0. The van der Waals surface area contributed by atoms with Gasteiger partial charge in [0.15, 0.2) is 0 Å². The van der Waals surface area contributed by atoms with Crippen LogP contribution in [0.1, 0.15) is 35.1 Å². The Morgan fingerprint density at radius 2 is 1.54 bits per heavy atom. The van der Waals surface area contributed by atoms with E-state index in [4.69, 9.17) is 0 Å². The fourth-order valence-electron chi connectivity index (χ4n) is 3.84. The fraction of sp³-hybridized carbons (Fsp3) is 0.429. The first-order valence-corrected chi connectivity index (χ1v) is 10.8. The molecule has 2 aromatic carbocycles. The van der Waals surface area contributed by atoms with Crippen LogP contribution in [0.5, 0.6) is 0 Å². The molecule has 0 aromatic heterocycles. The van der Waals surface area contributed by atoms with Gasteiger partial charge in [0.05, 0.1) is 4.90 Å². The molecule has 0 aliphatic carbocycles. The first kappa shape index (κ1) is 18.9. The molecule has 1 fully saturated rings. The standard InChI is InChI=1S/C21H28N2O2S/c1-16-14-17(2)21(18(3)15-16)26(24,25)22-11-10-19-6-8-20(9-7-19)23-12-4-5-13-23/h6-9,14-15,22H,4-5,10-13H2,1-3H3. The van der Waals surface area contributed by atoms with E-state index in [9.17, 15) is 8.42 Å². The summed E-state index contributed by atoms with van der Waals surface area (Å²) in [6, 6.07) is 12.3. The summed E-state index contributed by atoms with van der Waals surface area (Å²) in [4.78, 5) is 2.81. The molecule has 1 N–H and O–H groups in total. The van der Waals surface area contributed by atoms with Crippen molar-refractivity contribution in [2.24, 2.45) is 0 Å². The van der Waals surface area contributed by atoms with Crippen molar-refractivity contribution in [3.05, 3.63) is 58.7 Å². The van der Waals surface area contributed by atoms with Gasteiger partial charge < -0.3 is 4.90 Å². The highest BCUT2D eigenvalue weighted by Gasteiger charge is 2.19. The molecule has 0 bridgehead atoms. The number of nitrogens with zero attached hydrogens (tertiary/aromatic N) is 1. The van der Waals surface area contributed by atoms with Crippen LogP contribution in [-0.4, -0.2) is 28.1 Å². The Hall–Kier alpha value is -1.85. The van der Waals surface area contributed by atoms with Gasteiger partial charge in [-0.2, -0.15) is 0 Å². The largest absolute Gasteiger partial charge is 0.372 e. The molecule has 0 unspecified atom stereocenters. The predicted octanol–water partition coefficient (Wildman–Crippen LogP) is 3.73. The maximum Gasteiger partial charge on any atom is 0.241 e. The van der Waals surface area contributed by atoms with Crippen molar-refractivity contribution < 1.29 is 8.42 Å². The third kappa shape index (κ3) is 4.27. The number of anilines is 1. The van der Waals surface area contributed by atoms with E-state index in [1.54, 1.807) is 0 Å². The summed E-state index contributed by atoms with van der Waals surface area (Å²) in [6.07, 6.45) is 3.21. The van der Waals surface area contributed by atoms with E-state index in [2.05, 4.69) is 33.9 Å². The van der Waals surface area contributed by atoms with E-state index in [1.165, 1.54) is 18.5 Å². The van der Waals surface area contributed by atoms with Gasteiger partial charge in [-0.3, -0.25) is 0 Å². The SMILES string of the molecule is Cc1cc(C)c(S(=O)(=O)NCCc2ccc(N3CCCC3)cc2)c(C)c1. The smallest absolute Gasteiger partial charge is 0.241 e. The van der Waals surface area contributed by atoms with Gasteiger partial charge in [0.25, 0.3) is 0 Å². The number of hydrogen-bond donors (Lipinski definition) is 1. The Balaban J connectivity index is 1.62. The first-order chi connectivity index (χ1) is 12.4. The van der Waals surface area contributed by atoms with Crippen molar-refractivity contribution in [1.29, 1.82) is 0 Å². The van der Waals surface area contributed by atoms with Gasteiger partial charge in [0, 0.05) is 25.3 Å². The van der Waals surface area contributed by atoms with Gasteiger partial charge in [0.2, 0.25) is 10.0 Å². The van der Waals surface area contributed by atoms with Gasteiger partial charge in [0.1, 0.15) is 0 Å². The van der Waals surface area contributed by atoms with E-state index in [0.29, 0.717) is 17.9 Å². The molecule has 0 amide bonds. The second-order valence-corrected chi connectivity index (χ2v) is 8.94. The van der Waals surface area contributed by atoms with E-state index < -0.39 is 10.0 Å². The normalized spacial score (nSPS) is 14.8. The van der Waals surface area contributed by atoms with Crippen LogP contribution in [0.25, 0.3) is 0 Å². The number of sulfonamides is 1. The van der Waals surface area contributed by atoms with Crippen molar-refractivity contribution in [2.75, 3.05) is 24.5 Å². The molecule has 1 aliphatic heterocycles. The maximum absolute atomic E-state index is 12.7. The number of nitrogens with one attached hydrogen (secondary N) is 1.